The minimum absolute atomic E-state index is 0.0879. The van der Waals surface area contributed by atoms with Crippen molar-refractivity contribution in [2.24, 2.45) is 0 Å². The van der Waals surface area contributed by atoms with Crippen LogP contribution >= 0.6 is 0 Å². The van der Waals surface area contributed by atoms with Gasteiger partial charge in [-0.15, -0.1) is 0 Å². The predicted octanol–water partition coefficient (Wildman–Crippen LogP) is -0.594. The van der Waals surface area contributed by atoms with Gasteiger partial charge in [-0.3, -0.25) is 25.4 Å². The Morgan fingerprint density at radius 2 is 1.88 bits per heavy atom. The number of carbonyl (C=O) groups is 3. The lowest BCUT2D eigenvalue weighted by molar-refractivity contribution is -0.154. The summed E-state index contributed by atoms with van der Waals surface area (Å²) >= 11 is 0. The van der Waals surface area contributed by atoms with Crippen LogP contribution in [-0.4, -0.2) is 29.4 Å². The molecule has 0 aliphatic rings. The summed E-state index contributed by atoms with van der Waals surface area (Å²) in [6, 6.07) is 2.93. The molecule has 0 aliphatic heterocycles. The van der Waals surface area contributed by atoms with Gasteiger partial charge in [-0.2, -0.15) is 0 Å². The number of pyridine rings is 1. The Bertz CT molecular complexity index is 419. The van der Waals surface area contributed by atoms with Gasteiger partial charge in [0, 0.05) is 18.0 Å². The summed E-state index contributed by atoms with van der Waals surface area (Å²) in [5.41, 5.74) is 4.31. The monoisotopic (exact) mass is 237 g/mol. The Hall–Kier alpha value is -2.44. The fourth-order valence-electron chi connectivity index (χ4n) is 0.937. The summed E-state index contributed by atoms with van der Waals surface area (Å²) in [7, 11) is 0. The van der Waals surface area contributed by atoms with Gasteiger partial charge in [0.25, 0.3) is 5.91 Å². The molecule has 0 radical (unpaired) electrons. The minimum Gasteiger partial charge on any atom is -0.459 e. The number of rotatable bonds is 2. The van der Waals surface area contributed by atoms with Crippen LogP contribution < -0.4 is 10.9 Å². The summed E-state index contributed by atoms with van der Waals surface area (Å²) in [5.74, 6) is -2.64. The number of hydrogen-bond acceptors (Lipinski definition) is 5. The zero-order valence-electron chi connectivity index (χ0n) is 9.10. The highest BCUT2D eigenvalue weighted by atomic mass is 16.5. The number of esters is 1. The van der Waals surface area contributed by atoms with Gasteiger partial charge < -0.3 is 4.74 Å². The van der Waals surface area contributed by atoms with Crippen LogP contribution in [0, 0.1) is 0 Å². The maximum Gasteiger partial charge on any atom is 0.398 e. The van der Waals surface area contributed by atoms with E-state index in [0.717, 1.165) is 0 Å². The molecule has 2 amide bonds. The second-order valence-corrected chi connectivity index (χ2v) is 2.86. The third-order valence-corrected chi connectivity index (χ3v) is 1.69. The summed E-state index contributed by atoms with van der Waals surface area (Å²) in [4.78, 5) is 37.1. The minimum atomic E-state index is -1.05. The number of ether oxygens (including phenoxy) is 1. The fraction of sp³-hybridized carbons (Fsp3) is 0.200. The lowest BCUT2D eigenvalue weighted by atomic mass is 10.3. The molecule has 0 fully saturated rings. The van der Waals surface area contributed by atoms with Crippen molar-refractivity contribution in [2.75, 3.05) is 6.61 Å². The summed E-state index contributed by atoms with van der Waals surface area (Å²) < 4.78 is 4.43. The molecule has 1 aromatic rings. The van der Waals surface area contributed by atoms with E-state index in [1.165, 1.54) is 24.5 Å². The van der Waals surface area contributed by atoms with E-state index in [1.807, 2.05) is 5.43 Å². The van der Waals surface area contributed by atoms with E-state index < -0.39 is 17.8 Å². The van der Waals surface area contributed by atoms with E-state index >= 15 is 0 Å². The molecule has 0 unspecified atom stereocenters. The second kappa shape index (κ2) is 6.21. The lowest BCUT2D eigenvalue weighted by Gasteiger charge is -2.06. The van der Waals surface area contributed by atoms with Crippen LogP contribution in [-0.2, 0) is 14.3 Å². The van der Waals surface area contributed by atoms with Crippen molar-refractivity contribution in [3.05, 3.63) is 30.1 Å². The van der Waals surface area contributed by atoms with Gasteiger partial charge in [0.2, 0.25) is 0 Å². The third-order valence-electron chi connectivity index (χ3n) is 1.69. The highest BCUT2D eigenvalue weighted by Crippen LogP contribution is 1.94. The van der Waals surface area contributed by atoms with Gasteiger partial charge in [0.15, 0.2) is 0 Å². The van der Waals surface area contributed by atoms with Crippen LogP contribution in [0.5, 0.6) is 0 Å². The van der Waals surface area contributed by atoms with E-state index in [1.54, 1.807) is 6.92 Å². The van der Waals surface area contributed by atoms with Crippen LogP contribution in [0.2, 0.25) is 0 Å². The smallest absolute Gasteiger partial charge is 0.398 e. The van der Waals surface area contributed by atoms with Crippen molar-refractivity contribution < 1.29 is 19.1 Å². The van der Waals surface area contributed by atoms with E-state index in [2.05, 4.69) is 15.1 Å². The van der Waals surface area contributed by atoms with Crippen molar-refractivity contribution in [2.45, 2.75) is 6.92 Å². The molecule has 7 heteroatoms. The normalized spacial score (nSPS) is 9.24. The molecule has 0 aromatic carbocycles. The van der Waals surface area contributed by atoms with Crippen molar-refractivity contribution >= 4 is 17.8 Å². The van der Waals surface area contributed by atoms with Crippen molar-refractivity contribution in [3.8, 4) is 0 Å². The van der Waals surface area contributed by atoms with E-state index in [0.29, 0.717) is 5.56 Å². The number of aromatic nitrogens is 1. The number of hydrogen-bond donors (Lipinski definition) is 2. The average Bonchev–Trinajstić information content (AvgIpc) is 2.36. The second-order valence-electron chi connectivity index (χ2n) is 2.86. The zero-order valence-corrected chi connectivity index (χ0v) is 9.10. The molecule has 1 aromatic heterocycles. The Morgan fingerprint density at radius 3 is 2.47 bits per heavy atom. The SMILES string of the molecule is CCOC(=O)C(=O)NNC(=O)c1ccncc1. The quantitative estimate of drug-likeness (QED) is 0.407. The Labute approximate surface area is 97.1 Å². The fourth-order valence-corrected chi connectivity index (χ4v) is 0.937. The molecule has 90 valence electrons. The van der Waals surface area contributed by atoms with Crippen LogP contribution in [0.15, 0.2) is 24.5 Å². The number of hydrazine groups is 1. The van der Waals surface area contributed by atoms with Crippen molar-refractivity contribution in [1.29, 1.82) is 0 Å². The maximum absolute atomic E-state index is 11.4. The molecule has 0 saturated carbocycles. The van der Waals surface area contributed by atoms with Gasteiger partial charge >= 0.3 is 11.9 Å². The summed E-state index contributed by atoms with van der Waals surface area (Å²) in [6.07, 6.45) is 2.87. The zero-order chi connectivity index (χ0) is 12.7. The van der Waals surface area contributed by atoms with Crippen LogP contribution in [0.25, 0.3) is 0 Å². The first-order chi connectivity index (χ1) is 8.15. The van der Waals surface area contributed by atoms with E-state index in [4.69, 9.17) is 0 Å². The molecule has 2 N–H and O–H groups in total. The molecular formula is C10H11N3O4. The third kappa shape index (κ3) is 3.90. The summed E-state index contributed by atoms with van der Waals surface area (Å²) in [6.45, 7) is 1.66. The number of nitrogens with one attached hydrogen (secondary N) is 2. The largest absolute Gasteiger partial charge is 0.459 e. The van der Waals surface area contributed by atoms with Crippen molar-refractivity contribution in [1.82, 2.24) is 15.8 Å². The highest BCUT2D eigenvalue weighted by Gasteiger charge is 2.15. The first-order valence-corrected chi connectivity index (χ1v) is 4.82. The molecular weight excluding hydrogens is 226 g/mol. The van der Waals surface area contributed by atoms with Crippen LogP contribution in [0.3, 0.4) is 0 Å². The first kappa shape index (κ1) is 12.6. The summed E-state index contributed by atoms with van der Waals surface area (Å²) in [5, 5.41) is 0. The van der Waals surface area contributed by atoms with Gasteiger partial charge in [-0.25, -0.2) is 4.79 Å². The van der Waals surface area contributed by atoms with E-state index in [9.17, 15) is 14.4 Å². The topological polar surface area (TPSA) is 97.4 Å². The number of amides is 2. The molecule has 0 spiro atoms. The first-order valence-electron chi connectivity index (χ1n) is 4.82. The van der Waals surface area contributed by atoms with Gasteiger partial charge in [-0.05, 0) is 19.1 Å². The Kier molecular flexibility index (Phi) is 4.61. The lowest BCUT2D eigenvalue weighted by Crippen LogP contribution is -2.45. The number of carbonyl (C=O) groups excluding carboxylic acids is 3. The standard InChI is InChI=1S/C10H11N3O4/c1-2-17-10(16)9(15)13-12-8(14)7-3-5-11-6-4-7/h3-6H,2H2,1H3,(H,12,14)(H,13,15). The van der Waals surface area contributed by atoms with Gasteiger partial charge in [0.05, 0.1) is 6.61 Å². The van der Waals surface area contributed by atoms with E-state index in [-0.39, 0.29) is 6.61 Å². The Balaban J connectivity index is 2.44. The predicted molar refractivity (Wildman–Crippen MR) is 56.5 cm³/mol. The molecule has 1 heterocycles. The van der Waals surface area contributed by atoms with Crippen LogP contribution in [0.4, 0.5) is 0 Å². The molecule has 0 aliphatic carbocycles. The van der Waals surface area contributed by atoms with Crippen LogP contribution in [0.1, 0.15) is 17.3 Å². The molecule has 0 atom stereocenters. The maximum atomic E-state index is 11.4. The molecule has 0 saturated heterocycles. The van der Waals surface area contributed by atoms with Gasteiger partial charge in [-0.1, -0.05) is 0 Å². The van der Waals surface area contributed by atoms with Crippen molar-refractivity contribution in [3.63, 3.8) is 0 Å². The average molecular weight is 237 g/mol. The molecule has 7 nitrogen and oxygen atoms in total. The molecule has 0 bridgehead atoms. The number of nitrogens with zero attached hydrogens (tertiary/aromatic N) is 1. The Morgan fingerprint density at radius 1 is 1.24 bits per heavy atom. The highest BCUT2D eigenvalue weighted by molar-refractivity contribution is 6.32. The van der Waals surface area contributed by atoms with Gasteiger partial charge in [0.1, 0.15) is 0 Å². The molecule has 17 heavy (non-hydrogen) atoms. The molecule has 1 rings (SSSR count).